The van der Waals surface area contributed by atoms with Crippen molar-refractivity contribution in [1.29, 1.82) is 0 Å². The second-order valence-corrected chi connectivity index (χ2v) is 5.85. The van der Waals surface area contributed by atoms with E-state index in [4.69, 9.17) is 17.3 Å². The van der Waals surface area contributed by atoms with Crippen LogP contribution in [0, 0.1) is 0 Å². The predicted octanol–water partition coefficient (Wildman–Crippen LogP) is 3.34. The number of carbonyl (C=O) groups is 1. The first kappa shape index (κ1) is 20.4. The Bertz CT molecular complexity index is 433. The molecule has 0 heterocycles. The summed E-state index contributed by atoms with van der Waals surface area (Å²) in [5.41, 5.74) is 4.88. The Morgan fingerprint density at radius 3 is 2.52 bits per heavy atom. The molecular weight excluding hydrogens is 341 g/mol. The average Bonchev–Trinajstić information content (AvgIpc) is 2.43. The Labute approximate surface area is 138 Å². The SMILES string of the molecule is Cl.NCC(F)(F)CNC(=O)CCCSc1ccc(Cl)cc1. The molecule has 0 aliphatic carbocycles. The summed E-state index contributed by atoms with van der Waals surface area (Å²) in [5.74, 6) is -2.68. The number of halogens is 4. The molecule has 21 heavy (non-hydrogen) atoms. The lowest BCUT2D eigenvalue weighted by molar-refractivity contribution is -0.122. The standard InChI is InChI=1S/C13H17ClF2N2OS.ClH/c14-10-3-5-11(6-4-10)20-7-1-2-12(19)18-9-13(15,16)8-17;/h3-6H,1-2,7-9,17H2,(H,18,19);1H. The van der Waals surface area contributed by atoms with Gasteiger partial charge in [-0.1, -0.05) is 11.6 Å². The molecule has 0 bridgehead atoms. The van der Waals surface area contributed by atoms with Gasteiger partial charge in [-0.15, -0.1) is 24.2 Å². The van der Waals surface area contributed by atoms with Gasteiger partial charge in [0.25, 0.3) is 5.92 Å². The Hall–Kier alpha value is -0.560. The van der Waals surface area contributed by atoms with Gasteiger partial charge in [-0.3, -0.25) is 4.79 Å². The molecule has 0 saturated heterocycles. The number of alkyl halides is 2. The highest BCUT2D eigenvalue weighted by atomic mass is 35.5. The lowest BCUT2D eigenvalue weighted by Crippen LogP contribution is -2.41. The van der Waals surface area contributed by atoms with Crippen molar-refractivity contribution in [2.45, 2.75) is 23.7 Å². The first-order valence-corrected chi connectivity index (χ1v) is 7.52. The van der Waals surface area contributed by atoms with Gasteiger partial charge in [0.05, 0.1) is 13.1 Å². The molecule has 0 aliphatic rings. The highest BCUT2D eigenvalue weighted by molar-refractivity contribution is 7.99. The van der Waals surface area contributed by atoms with E-state index >= 15 is 0 Å². The fourth-order valence-corrected chi connectivity index (χ4v) is 2.32. The van der Waals surface area contributed by atoms with Crippen molar-refractivity contribution in [3.63, 3.8) is 0 Å². The van der Waals surface area contributed by atoms with Crippen molar-refractivity contribution in [1.82, 2.24) is 5.32 Å². The van der Waals surface area contributed by atoms with E-state index in [1.807, 2.05) is 12.1 Å². The summed E-state index contributed by atoms with van der Waals surface area (Å²) in [5, 5.41) is 2.86. The maximum absolute atomic E-state index is 12.8. The maximum Gasteiger partial charge on any atom is 0.277 e. The molecule has 8 heteroatoms. The van der Waals surface area contributed by atoms with Gasteiger partial charge in [-0.25, -0.2) is 8.78 Å². The Morgan fingerprint density at radius 1 is 1.33 bits per heavy atom. The second-order valence-electron chi connectivity index (χ2n) is 4.24. The molecule has 0 radical (unpaired) electrons. The fraction of sp³-hybridized carbons (Fsp3) is 0.462. The van der Waals surface area contributed by atoms with Gasteiger partial charge in [0.15, 0.2) is 0 Å². The highest BCUT2D eigenvalue weighted by Gasteiger charge is 2.26. The molecule has 3 nitrogen and oxygen atoms in total. The second kappa shape index (κ2) is 10.2. The Morgan fingerprint density at radius 2 is 1.95 bits per heavy atom. The van der Waals surface area contributed by atoms with Crippen LogP contribution in [-0.2, 0) is 4.79 Å². The van der Waals surface area contributed by atoms with Crippen LogP contribution in [0.4, 0.5) is 8.78 Å². The molecule has 0 saturated carbocycles. The summed E-state index contributed by atoms with van der Waals surface area (Å²) in [6.45, 7) is -1.47. The minimum absolute atomic E-state index is 0. The number of carbonyl (C=O) groups excluding carboxylic acids is 1. The van der Waals surface area contributed by atoms with Crippen molar-refractivity contribution in [3.8, 4) is 0 Å². The molecule has 0 spiro atoms. The third-order valence-electron chi connectivity index (χ3n) is 2.47. The van der Waals surface area contributed by atoms with Crippen LogP contribution in [-0.4, -0.2) is 30.7 Å². The van der Waals surface area contributed by atoms with Crippen molar-refractivity contribution in [2.75, 3.05) is 18.8 Å². The normalized spacial score (nSPS) is 10.9. The Kier molecular flexibility index (Phi) is 9.94. The van der Waals surface area contributed by atoms with Crippen molar-refractivity contribution < 1.29 is 13.6 Å². The molecule has 0 atom stereocenters. The number of amides is 1. The number of rotatable bonds is 8. The van der Waals surface area contributed by atoms with E-state index in [2.05, 4.69) is 5.32 Å². The number of nitrogens with two attached hydrogens (primary N) is 1. The van der Waals surface area contributed by atoms with E-state index in [9.17, 15) is 13.6 Å². The van der Waals surface area contributed by atoms with Crippen LogP contribution in [0.25, 0.3) is 0 Å². The summed E-state index contributed by atoms with van der Waals surface area (Å²) < 4.78 is 25.6. The van der Waals surface area contributed by atoms with Crippen LogP contribution in [0.15, 0.2) is 29.2 Å². The average molecular weight is 359 g/mol. The first-order valence-electron chi connectivity index (χ1n) is 6.16. The van der Waals surface area contributed by atoms with Crippen molar-refractivity contribution in [2.24, 2.45) is 5.73 Å². The first-order chi connectivity index (χ1) is 9.43. The quantitative estimate of drug-likeness (QED) is 0.553. The molecular formula is C13H18Cl2F2N2OS. The summed E-state index contributed by atoms with van der Waals surface area (Å²) in [6.07, 6.45) is 0.842. The smallest absolute Gasteiger partial charge is 0.277 e. The molecule has 0 aromatic heterocycles. The molecule has 0 unspecified atom stereocenters. The van der Waals surface area contributed by atoms with Gasteiger partial charge in [-0.05, 0) is 36.4 Å². The van der Waals surface area contributed by atoms with Gasteiger partial charge in [0.1, 0.15) is 0 Å². The van der Waals surface area contributed by atoms with E-state index < -0.39 is 19.0 Å². The van der Waals surface area contributed by atoms with E-state index in [0.29, 0.717) is 11.4 Å². The third-order valence-corrected chi connectivity index (χ3v) is 3.82. The van der Waals surface area contributed by atoms with Crippen LogP contribution in [0.5, 0.6) is 0 Å². The molecule has 0 fully saturated rings. The highest BCUT2D eigenvalue weighted by Crippen LogP contribution is 2.21. The predicted molar refractivity (Wildman–Crippen MR) is 85.7 cm³/mol. The van der Waals surface area contributed by atoms with Crippen LogP contribution in [0.1, 0.15) is 12.8 Å². The topological polar surface area (TPSA) is 55.1 Å². The number of benzene rings is 1. The van der Waals surface area contributed by atoms with Crippen LogP contribution in [0.2, 0.25) is 5.02 Å². The molecule has 3 N–H and O–H groups in total. The van der Waals surface area contributed by atoms with Crippen molar-refractivity contribution in [3.05, 3.63) is 29.3 Å². The van der Waals surface area contributed by atoms with Gasteiger partial charge in [0, 0.05) is 16.3 Å². The van der Waals surface area contributed by atoms with Crippen molar-refractivity contribution >= 4 is 41.7 Å². The zero-order valence-corrected chi connectivity index (χ0v) is 13.7. The van der Waals surface area contributed by atoms with Crippen LogP contribution >= 0.6 is 35.8 Å². The summed E-state index contributed by atoms with van der Waals surface area (Å²) in [7, 11) is 0. The summed E-state index contributed by atoms with van der Waals surface area (Å²) in [4.78, 5) is 12.4. The monoisotopic (exact) mass is 358 g/mol. The molecule has 1 aromatic carbocycles. The van der Waals surface area contributed by atoms with E-state index in [1.165, 1.54) is 0 Å². The zero-order chi connectivity index (χ0) is 15.0. The van der Waals surface area contributed by atoms with E-state index in [0.717, 1.165) is 10.6 Å². The molecule has 1 aromatic rings. The molecule has 0 aliphatic heterocycles. The lowest BCUT2D eigenvalue weighted by atomic mass is 10.3. The number of hydrogen-bond acceptors (Lipinski definition) is 3. The maximum atomic E-state index is 12.8. The molecule has 1 rings (SSSR count). The van der Waals surface area contributed by atoms with Gasteiger partial charge >= 0.3 is 0 Å². The number of thioether (sulfide) groups is 1. The molecule has 120 valence electrons. The lowest BCUT2D eigenvalue weighted by Gasteiger charge is -2.14. The number of nitrogens with one attached hydrogen (secondary N) is 1. The van der Waals surface area contributed by atoms with Crippen LogP contribution < -0.4 is 11.1 Å². The minimum Gasteiger partial charge on any atom is -0.350 e. The van der Waals surface area contributed by atoms with Gasteiger partial charge < -0.3 is 11.1 Å². The zero-order valence-electron chi connectivity index (χ0n) is 11.3. The van der Waals surface area contributed by atoms with Gasteiger partial charge in [0.2, 0.25) is 5.91 Å². The molecule has 1 amide bonds. The van der Waals surface area contributed by atoms with E-state index in [-0.39, 0.29) is 24.7 Å². The minimum atomic E-state index is -3.03. The van der Waals surface area contributed by atoms with Gasteiger partial charge in [-0.2, -0.15) is 0 Å². The summed E-state index contributed by atoms with van der Waals surface area (Å²) >= 11 is 7.36. The third kappa shape index (κ3) is 9.14. The fourth-order valence-electron chi connectivity index (χ4n) is 1.34. The Balaban J connectivity index is 0.00000400. The largest absolute Gasteiger partial charge is 0.350 e. The summed E-state index contributed by atoms with van der Waals surface area (Å²) in [6, 6.07) is 7.39. The van der Waals surface area contributed by atoms with E-state index in [1.54, 1.807) is 23.9 Å². The number of hydrogen-bond donors (Lipinski definition) is 2. The van der Waals surface area contributed by atoms with Crippen LogP contribution in [0.3, 0.4) is 0 Å².